The van der Waals surface area contributed by atoms with Crippen LogP contribution in [0, 0.1) is 6.92 Å². The second-order valence-corrected chi connectivity index (χ2v) is 8.00. The second kappa shape index (κ2) is 10.1. The fraction of sp³-hybridized carbons (Fsp3) is 0.217. The van der Waals surface area contributed by atoms with Gasteiger partial charge >= 0.3 is 0 Å². The molecule has 2 aromatic carbocycles. The molecule has 0 unspecified atom stereocenters. The molecule has 0 saturated carbocycles. The Morgan fingerprint density at radius 2 is 1.91 bits per heavy atom. The van der Waals surface area contributed by atoms with E-state index in [0.717, 1.165) is 17.7 Å². The van der Waals surface area contributed by atoms with E-state index in [2.05, 4.69) is 32.8 Å². The normalized spacial score (nSPS) is 10.8. The molecule has 0 saturated heterocycles. The number of para-hydroxylation sites is 1. The molecule has 4 aromatic rings. The standard InChI is InChI=1S/C23H23N5O3S/c1-16-14-20(27-31-16)24-21(29)15-32-23-26-25-22(18-10-6-7-11-19(18)30-2)28(23)13-12-17-8-4-3-5-9-17/h3-11,14H,12-13,15H2,1-2H3,(H,24,27,29). The lowest BCUT2D eigenvalue weighted by Crippen LogP contribution is -2.15. The average Bonchev–Trinajstić information content (AvgIpc) is 3.42. The molecule has 164 valence electrons. The lowest BCUT2D eigenvalue weighted by Gasteiger charge is -2.12. The first-order valence-corrected chi connectivity index (χ1v) is 11.1. The van der Waals surface area contributed by atoms with Gasteiger partial charge in [0.05, 0.1) is 18.4 Å². The van der Waals surface area contributed by atoms with E-state index in [-0.39, 0.29) is 11.7 Å². The van der Waals surface area contributed by atoms with Gasteiger partial charge < -0.3 is 19.1 Å². The molecule has 0 radical (unpaired) electrons. The van der Waals surface area contributed by atoms with E-state index in [0.29, 0.717) is 29.1 Å². The van der Waals surface area contributed by atoms with Gasteiger partial charge in [0.1, 0.15) is 11.5 Å². The Morgan fingerprint density at radius 3 is 2.66 bits per heavy atom. The van der Waals surface area contributed by atoms with E-state index in [1.807, 2.05) is 47.0 Å². The summed E-state index contributed by atoms with van der Waals surface area (Å²) in [6, 6.07) is 19.6. The number of thioether (sulfide) groups is 1. The molecule has 32 heavy (non-hydrogen) atoms. The molecule has 0 atom stereocenters. The smallest absolute Gasteiger partial charge is 0.236 e. The molecule has 0 bridgehead atoms. The maximum Gasteiger partial charge on any atom is 0.236 e. The molecule has 2 aromatic heterocycles. The number of benzene rings is 2. The summed E-state index contributed by atoms with van der Waals surface area (Å²) in [6.07, 6.45) is 0.805. The van der Waals surface area contributed by atoms with Crippen molar-refractivity contribution in [2.75, 3.05) is 18.2 Å². The van der Waals surface area contributed by atoms with Crippen LogP contribution < -0.4 is 10.1 Å². The number of ether oxygens (including phenoxy) is 1. The SMILES string of the molecule is COc1ccccc1-c1nnc(SCC(=O)Nc2cc(C)on2)n1CCc1ccccc1. The molecule has 0 aliphatic carbocycles. The number of rotatable bonds is 9. The predicted octanol–water partition coefficient (Wildman–Crippen LogP) is 4.22. The molecule has 2 heterocycles. The molecule has 0 aliphatic heterocycles. The molecule has 0 fully saturated rings. The first-order chi connectivity index (χ1) is 15.6. The molecule has 9 heteroatoms. The van der Waals surface area contributed by atoms with Crippen LogP contribution in [0.15, 0.2) is 70.3 Å². The van der Waals surface area contributed by atoms with Crippen LogP contribution in [0.25, 0.3) is 11.4 Å². The van der Waals surface area contributed by atoms with Crippen molar-refractivity contribution in [2.24, 2.45) is 0 Å². The Hall–Kier alpha value is -3.59. The number of aryl methyl sites for hydroxylation is 2. The first-order valence-electron chi connectivity index (χ1n) is 10.1. The number of methoxy groups -OCH3 is 1. The maximum absolute atomic E-state index is 12.4. The Labute approximate surface area is 190 Å². The Balaban J connectivity index is 1.55. The molecule has 0 spiro atoms. The van der Waals surface area contributed by atoms with Crippen molar-refractivity contribution in [2.45, 2.75) is 25.0 Å². The third-order valence-corrected chi connectivity index (χ3v) is 5.73. The van der Waals surface area contributed by atoms with E-state index >= 15 is 0 Å². The third-order valence-electron chi connectivity index (χ3n) is 4.76. The van der Waals surface area contributed by atoms with Gasteiger partial charge in [-0.1, -0.05) is 59.4 Å². The van der Waals surface area contributed by atoms with Crippen LogP contribution in [0.1, 0.15) is 11.3 Å². The second-order valence-electron chi connectivity index (χ2n) is 7.05. The summed E-state index contributed by atoms with van der Waals surface area (Å²) in [5.74, 6) is 2.43. The fourth-order valence-electron chi connectivity index (χ4n) is 3.25. The van der Waals surface area contributed by atoms with Crippen LogP contribution in [0.5, 0.6) is 5.75 Å². The molecule has 8 nitrogen and oxygen atoms in total. The van der Waals surface area contributed by atoms with Crippen molar-refractivity contribution in [3.8, 4) is 17.1 Å². The van der Waals surface area contributed by atoms with Gasteiger partial charge in [0.15, 0.2) is 16.8 Å². The molecular formula is C23H23N5O3S. The number of anilines is 1. The maximum atomic E-state index is 12.4. The fourth-order valence-corrected chi connectivity index (χ4v) is 4.01. The van der Waals surface area contributed by atoms with Gasteiger partial charge in [-0.25, -0.2) is 0 Å². The molecule has 1 amide bonds. The number of hydrogen-bond acceptors (Lipinski definition) is 7. The Morgan fingerprint density at radius 1 is 1.12 bits per heavy atom. The highest BCUT2D eigenvalue weighted by Gasteiger charge is 2.18. The summed E-state index contributed by atoms with van der Waals surface area (Å²) in [6.45, 7) is 2.43. The number of amides is 1. The minimum Gasteiger partial charge on any atom is -0.496 e. The lowest BCUT2D eigenvalue weighted by molar-refractivity contribution is -0.113. The zero-order valence-corrected chi connectivity index (χ0v) is 18.6. The first kappa shape index (κ1) is 21.6. The van der Waals surface area contributed by atoms with Gasteiger partial charge in [0, 0.05) is 12.6 Å². The van der Waals surface area contributed by atoms with Crippen molar-refractivity contribution < 1.29 is 14.1 Å². The summed E-state index contributed by atoms with van der Waals surface area (Å²) >= 11 is 1.32. The summed E-state index contributed by atoms with van der Waals surface area (Å²) in [5.41, 5.74) is 2.06. The van der Waals surface area contributed by atoms with Gasteiger partial charge in [0.25, 0.3) is 0 Å². The minimum absolute atomic E-state index is 0.168. The number of aromatic nitrogens is 4. The third kappa shape index (κ3) is 5.17. The molecular weight excluding hydrogens is 426 g/mol. The highest BCUT2D eigenvalue weighted by Crippen LogP contribution is 2.31. The molecule has 0 aliphatic rings. The summed E-state index contributed by atoms with van der Waals surface area (Å²) in [4.78, 5) is 12.4. The number of hydrogen-bond donors (Lipinski definition) is 1. The topological polar surface area (TPSA) is 95.1 Å². The van der Waals surface area contributed by atoms with Crippen LogP contribution in [0.2, 0.25) is 0 Å². The predicted molar refractivity (Wildman–Crippen MR) is 123 cm³/mol. The number of nitrogens with one attached hydrogen (secondary N) is 1. The van der Waals surface area contributed by atoms with Gasteiger partial charge in [-0.15, -0.1) is 10.2 Å². The van der Waals surface area contributed by atoms with E-state index < -0.39 is 0 Å². The minimum atomic E-state index is -0.195. The van der Waals surface area contributed by atoms with Crippen LogP contribution in [0.3, 0.4) is 0 Å². The van der Waals surface area contributed by atoms with Crippen molar-refractivity contribution in [1.82, 2.24) is 19.9 Å². The van der Waals surface area contributed by atoms with E-state index in [1.165, 1.54) is 17.3 Å². The molecule has 4 rings (SSSR count). The van der Waals surface area contributed by atoms with Crippen molar-refractivity contribution in [3.63, 3.8) is 0 Å². The van der Waals surface area contributed by atoms with Crippen LogP contribution in [-0.2, 0) is 17.8 Å². The largest absolute Gasteiger partial charge is 0.496 e. The van der Waals surface area contributed by atoms with Gasteiger partial charge in [0.2, 0.25) is 5.91 Å². The number of carbonyl (C=O) groups is 1. The number of carbonyl (C=O) groups excluding carboxylic acids is 1. The van der Waals surface area contributed by atoms with E-state index in [1.54, 1.807) is 20.1 Å². The van der Waals surface area contributed by atoms with Crippen molar-refractivity contribution in [1.29, 1.82) is 0 Å². The monoisotopic (exact) mass is 449 g/mol. The summed E-state index contributed by atoms with van der Waals surface area (Å²) in [5, 5.41) is 16.0. The van der Waals surface area contributed by atoms with Crippen LogP contribution in [-0.4, -0.2) is 38.7 Å². The quantitative estimate of drug-likeness (QED) is 0.382. The van der Waals surface area contributed by atoms with Gasteiger partial charge in [-0.05, 0) is 31.0 Å². The van der Waals surface area contributed by atoms with Crippen molar-refractivity contribution >= 4 is 23.5 Å². The average molecular weight is 450 g/mol. The Kier molecular flexibility index (Phi) is 6.86. The highest BCUT2D eigenvalue weighted by molar-refractivity contribution is 7.99. The lowest BCUT2D eigenvalue weighted by atomic mass is 10.1. The van der Waals surface area contributed by atoms with Gasteiger partial charge in [-0.3, -0.25) is 4.79 Å². The highest BCUT2D eigenvalue weighted by atomic mass is 32.2. The van der Waals surface area contributed by atoms with Crippen LogP contribution >= 0.6 is 11.8 Å². The summed E-state index contributed by atoms with van der Waals surface area (Å²) in [7, 11) is 1.63. The van der Waals surface area contributed by atoms with E-state index in [9.17, 15) is 4.79 Å². The van der Waals surface area contributed by atoms with E-state index in [4.69, 9.17) is 9.26 Å². The van der Waals surface area contributed by atoms with Crippen LogP contribution in [0.4, 0.5) is 5.82 Å². The van der Waals surface area contributed by atoms with Crippen molar-refractivity contribution in [3.05, 3.63) is 72.0 Å². The zero-order chi connectivity index (χ0) is 22.3. The Bertz CT molecular complexity index is 1190. The zero-order valence-electron chi connectivity index (χ0n) is 17.8. The summed E-state index contributed by atoms with van der Waals surface area (Å²) < 4.78 is 12.5. The number of nitrogens with zero attached hydrogens (tertiary/aromatic N) is 4. The van der Waals surface area contributed by atoms with Gasteiger partial charge in [-0.2, -0.15) is 0 Å². The molecule has 1 N–H and O–H groups in total.